The summed E-state index contributed by atoms with van der Waals surface area (Å²) in [5, 5.41) is 3.95. The monoisotopic (exact) mass is 479 g/mol. The third-order valence-electron chi connectivity index (χ3n) is 6.40. The molecule has 2 heterocycles. The van der Waals surface area contributed by atoms with E-state index >= 15 is 0 Å². The third-order valence-corrected chi connectivity index (χ3v) is 7.06. The van der Waals surface area contributed by atoms with Gasteiger partial charge in [-0.2, -0.15) is 13.2 Å². The van der Waals surface area contributed by atoms with Crippen LogP contribution in [0.4, 0.5) is 19.1 Å². The zero-order chi connectivity index (χ0) is 21.0. The molecule has 2 aliphatic carbocycles. The number of alkyl halides is 3. The van der Waals surface area contributed by atoms with Crippen LogP contribution in [0.15, 0.2) is 35.1 Å². The van der Waals surface area contributed by atoms with Crippen LogP contribution in [0, 0.1) is 11.8 Å². The van der Waals surface area contributed by atoms with Crippen LogP contribution < -0.4 is 11.1 Å². The number of aromatic nitrogens is 3. The number of nitrogens with two attached hydrogens (primary N) is 1. The Morgan fingerprint density at radius 2 is 1.87 bits per heavy atom. The van der Waals surface area contributed by atoms with E-state index in [1.165, 1.54) is 0 Å². The van der Waals surface area contributed by atoms with Gasteiger partial charge >= 0.3 is 6.18 Å². The molecule has 2 unspecified atom stereocenters. The van der Waals surface area contributed by atoms with Crippen LogP contribution in [0.1, 0.15) is 31.2 Å². The molecule has 2 aromatic heterocycles. The lowest BCUT2D eigenvalue weighted by Gasteiger charge is -2.17. The second kappa shape index (κ2) is 7.23. The molecule has 0 aliphatic heterocycles. The highest BCUT2D eigenvalue weighted by Crippen LogP contribution is 2.44. The molecule has 0 radical (unpaired) electrons. The third kappa shape index (κ3) is 3.47. The van der Waals surface area contributed by atoms with Gasteiger partial charge in [0.2, 0.25) is 5.95 Å². The Bertz CT molecular complexity index is 1080. The van der Waals surface area contributed by atoms with Gasteiger partial charge in [0.1, 0.15) is 5.56 Å². The molecule has 2 aliphatic rings. The van der Waals surface area contributed by atoms with Crippen molar-refractivity contribution in [3.63, 3.8) is 0 Å². The van der Waals surface area contributed by atoms with E-state index in [1.807, 2.05) is 6.07 Å². The summed E-state index contributed by atoms with van der Waals surface area (Å²) in [6, 6.07) is 5.84. The van der Waals surface area contributed by atoms with Gasteiger partial charge in [0.05, 0.1) is 11.2 Å². The van der Waals surface area contributed by atoms with Crippen molar-refractivity contribution in [1.29, 1.82) is 0 Å². The van der Waals surface area contributed by atoms with Gasteiger partial charge in [0.25, 0.3) is 0 Å². The molecule has 0 saturated heterocycles. The molecule has 1 aromatic carbocycles. The number of hydrogen-bond acceptors (Lipinski definition) is 4. The predicted octanol–water partition coefficient (Wildman–Crippen LogP) is 5.33. The van der Waals surface area contributed by atoms with Crippen molar-refractivity contribution >= 4 is 32.8 Å². The molecule has 5 nitrogen and oxygen atoms in total. The second-order valence-electron chi connectivity index (χ2n) is 8.38. The number of benzene rings is 1. The number of rotatable bonds is 3. The second-order valence-corrected chi connectivity index (χ2v) is 9.24. The van der Waals surface area contributed by atoms with E-state index in [0.29, 0.717) is 22.8 Å². The smallest absolute Gasteiger partial charge is 0.360 e. The van der Waals surface area contributed by atoms with Crippen LogP contribution in [0.2, 0.25) is 0 Å². The number of nitrogens with one attached hydrogen (secondary N) is 2. The molecule has 0 spiro atoms. The first-order valence-corrected chi connectivity index (χ1v) is 10.8. The summed E-state index contributed by atoms with van der Waals surface area (Å²) in [4.78, 5) is 11.4. The largest absolute Gasteiger partial charge is 0.419 e. The van der Waals surface area contributed by atoms with Crippen molar-refractivity contribution in [2.24, 2.45) is 17.6 Å². The van der Waals surface area contributed by atoms with E-state index in [-0.39, 0.29) is 23.7 Å². The number of halogens is 4. The molecule has 9 heteroatoms. The molecular weight excluding hydrogens is 459 g/mol. The van der Waals surface area contributed by atoms with Crippen molar-refractivity contribution in [3.05, 3.63) is 40.6 Å². The Hall–Kier alpha value is -2.13. The zero-order valence-corrected chi connectivity index (χ0v) is 17.6. The van der Waals surface area contributed by atoms with E-state index in [1.54, 1.807) is 18.3 Å². The maximum absolute atomic E-state index is 13.7. The van der Waals surface area contributed by atoms with Gasteiger partial charge in [-0.3, -0.25) is 0 Å². The molecule has 0 bridgehead atoms. The normalized spacial score (nSPS) is 26.3. The summed E-state index contributed by atoms with van der Waals surface area (Å²) >= 11 is 3.43. The van der Waals surface area contributed by atoms with Crippen LogP contribution in [-0.2, 0) is 6.18 Å². The van der Waals surface area contributed by atoms with Crippen molar-refractivity contribution < 1.29 is 13.2 Å². The molecule has 30 heavy (non-hydrogen) atoms. The highest BCUT2D eigenvalue weighted by molar-refractivity contribution is 9.10. The highest BCUT2D eigenvalue weighted by atomic mass is 79.9. The number of para-hydroxylation sites is 1. The van der Waals surface area contributed by atoms with Crippen molar-refractivity contribution in [2.45, 2.75) is 43.9 Å². The molecular formula is C21H21BrF3N5. The zero-order valence-electron chi connectivity index (χ0n) is 16.0. The summed E-state index contributed by atoms with van der Waals surface area (Å²) in [7, 11) is 0. The molecule has 3 aromatic rings. The fourth-order valence-electron chi connectivity index (χ4n) is 5.14. The van der Waals surface area contributed by atoms with Crippen LogP contribution in [-0.4, -0.2) is 27.0 Å². The first-order valence-electron chi connectivity index (χ1n) is 10.0. The van der Waals surface area contributed by atoms with Gasteiger partial charge in [-0.25, -0.2) is 9.97 Å². The number of hydrogen-bond donors (Lipinski definition) is 3. The number of fused-ring (bicyclic) bond motifs is 2. The van der Waals surface area contributed by atoms with Gasteiger partial charge in [-0.15, -0.1) is 0 Å². The van der Waals surface area contributed by atoms with Gasteiger partial charge in [0.15, 0.2) is 0 Å². The first kappa shape index (κ1) is 19.8. The number of anilines is 1. The lowest BCUT2D eigenvalue weighted by atomic mass is 10.0. The minimum absolute atomic E-state index is 0.121. The van der Waals surface area contributed by atoms with E-state index < -0.39 is 11.7 Å². The van der Waals surface area contributed by atoms with E-state index in [0.717, 1.165) is 41.9 Å². The lowest BCUT2D eigenvalue weighted by molar-refractivity contribution is -0.137. The molecule has 5 rings (SSSR count). The Morgan fingerprint density at radius 1 is 1.13 bits per heavy atom. The van der Waals surface area contributed by atoms with Crippen molar-refractivity contribution in [2.75, 3.05) is 5.32 Å². The van der Waals surface area contributed by atoms with Crippen LogP contribution in [0.5, 0.6) is 0 Å². The van der Waals surface area contributed by atoms with Gasteiger partial charge in [0, 0.05) is 39.9 Å². The van der Waals surface area contributed by atoms with Crippen LogP contribution >= 0.6 is 15.9 Å². The first-order chi connectivity index (χ1) is 14.3. The van der Waals surface area contributed by atoms with E-state index in [4.69, 9.17) is 5.73 Å². The summed E-state index contributed by atoms with van der Waals surface area (Å²) in [5.74, 6) is 1.39. The minimum atomic E-state index is -4.55. The Kier molecular flexibility index (Phi) is 4.77. The SMILES string of the molecule is NC1C[C@@H]2CC(Nc3ncc(C(F)(F)F)c(-c4c[nH]c5c(Br)cccc45)n3)C[C@@H]2C1. The Labute approximate surface area is 179 Å². The Balaban J connectivity index is 1.50. The van der Waals surface area contributed by atoms with Crippen molar-refractivity contribution in [1.82, 2.24) is 15.0 Å². The molecule has 2 saturated carbocycles. The molecule has 4 atom stereocenters. The molecule has 4 N–H and O–H groups in total. The predicted molar refractivity (Wildman–Crippen MR) is 113 cm³/mol. The number of nitrogens with zero attached hydrogens (tertiary/aromatic N) is 2. The minimum Gasteiger partial charge on any atom is -0.360 e. The Morgan fingerprint density at radius 3 is 2.57 bits per heavy atom. The fourth-order valence-corrected chi connectivity index (χ4v) is 5.62. The van der Waals surface area contributed by atoms with Crippen LogP contribution in [0.3, 0.4) is 0 Å². The maximum Gasteiger partial charge on any atom is 0.419 e. The summed E-state index contributed by atoms with van der Waals surface area (Å²) in [6.07, 6.45) is 1.85. The van der Waals surface area contributed by atoms with Crippen molar-refractivity contribution in [3.8, 4) is 11.3 Å². The summed E-state index contributed by atoms with van der Waals surface area (Å²) in [5.41, 5.74) is 6.22. The van der Waals surface area contributed by atoms with E-state index in [9.17, 15) is 13.2 Å². The van der Waals surface area contributed by atoms with Gasteiger partial charge in [-0.05, 0) is 59.5 Å². The highest BCUT2D eigenvalue weighted by Gasteiger charge is 2.41. The average molecular weight is 480 g/mol. The summed E-state index contributed by atoms with van der Waals surface area (Å²) < 4.78 is 41.9. The average Bonchev–Trinajstić information content (AvgIpc) is 3.34. The van der Waals surface area contributed by atoms with Gasteiger partial charge < -0.3 is 16.0 Å². The molecule has 2 fully saturated rings. The topological polar surface area (TPSA) is 79.6 Å². The lowest BCUT2D eigenvalue weighted by Crippen LogP contribution is -2.22. The quantitative estimate of drug-likeness (QED) is 0.473. The number of aromatic amines is 1. The van der Waals surface area contributed by atoms with Gasteiger partial charge in [-0.1, -0.05) is 12.1 Å². The molecule has 158 valence electrons. The standard InChI is InChI=1S/C21H21BrF3N5/c22-17-3-1-2-14-15(8-27-19(14)17)18-16(21(23,24)25)9-28-20(30-18)29-13-6-10-4-12(26)5-11(10)7-13/h1-3,8-13,27H,4-7,26H2,(H,28,29,30)/t10-,11+,12?,13?. The van der Waals surface area contributed by atoms with Crippen LogP contribution in [0.25, 0.3) is 22.2 Å². The molecule has 0 amide bonds. The fraction of sp³-hybridized carbons (Fsp3) is 0.429. The number of H-pyrrole nitrogens is 1. The maximum atomic E-state index is 13.7. The van der Waals surface area contributed by atoms with E-state index in [2.05, 4.69) is 36.2 Å². The summed E-state index contributed by atoms with van der Waals surface area (Å²) in [6.45, 7) is 0.